The van der Waals surface area contributed by atoms with Crippen LogP contribution < -0.4 is 4.90 Å². The first-order chi connectivity index (χ1) is 23.0. The molecule has 254 valence electrons. The molecule has 4 heterocycles. The van der Waals surface area contributed by atoms with E-state index >= 15 is 0 Å². The predicted molar refractivity (Wildman–Crippen MR) is 180 cm³/mol. The van der Waals surface area contributed by atoms with E-state index in [9.17, 15) is 24.3 Å². The lowest BCUT2D eigenvalue weighted by Gasteiger charge is -2.38. The molecule has 4 aliphatic heterocycles. The van der Waals surface area contributed by atoms with Gasteiger partial charge in [-0.05, 0) is 50.3 Å². The molecule has 2 aromatic rings. The summed E-state index contributed by atoms with van der Waals surface area (Å²) in [5, 5.41) is 10.5. The van der Waals surface area contributed by atoms with Crippen molar-refractivity contribution >= 4 is 29.4 Å². The quantitative estimate of drug-likeness (QED) is 0.382. The molecular weight excluding hydrogens is 610 g/mol. The Morgan fingerprint density at radius 1 is 0.979 bits per heavy atom. The van der Waals surface area contributed by atoms with Gasteiger partial charge < -0.3 is 29.3 Å². The Kier molecular flexibility index (Phi) is 9.33. The van der Waals surface area contributed by atoms with Gasteiger partial charge in [-0.25, -0.2) is 0 Å². The van der Waals surface area contributed by atoms with E-state index in [0.717, 1.165) is 16.8 Å². The van der Waals surface area contributed by atoms with Gasteiger partial charge in [0.15, 0.2) is 0 Å². The van der Waals surface area contributed by atoms with Crippen LogP contribution in [0.3, 0.4) is 0 Å². The molecule has 3 amide bonds. The fourth-order valence-corrected chi connectivity index (χ4v) is 8.07. The van der Waals surface area contributed by atoms with E-state index in [1.807, 2.05) is 82.3 Å². The van der Waals surface area contributed by atoms with E-state index in [0.29, 0.717) is 18.4 Å². The summed E-state index contributed by atoms with van der Waals surface area (Å²) in [4.78, 5) is 62.1. The van der Waals surface area contributed by atoms with Crippen LogP contribution in [0.15, 0.2) is 72.8 Å². The van der Waals surface area contributed by atoms with Crippen LogP contribution in [0.2, 0.25) is 0 Å². The van der Waals surface area contributed by atoms with E-state index in [4.69, 9.17) is 9.47 Å². The number of rotatable bonds is 5. The highest BCUT2D eigenvalue weighted by atomic mass is 16.6. The highest BCUT2D eigenvalue weighted by Gasteiger charge is 2.72. The second-order valence-corrected chi connectivity index (χ2v) is 13.4. The van der Waals surface area contributed by atoms with Crippen molar-refractivity contribution in [2.24, 2.45) is 11.8 Å². The summed E-state index contributed by atoms with van der Waals surface area (Å²) in [5.74, 6) is -3.66. The number of para-hydroxylation sites is 1. The smallest absolute Gasteiger partial charge is 0.313 e. The lowest BCUT2D eigenvalue weighted by atomic mass is 9.77. The van der Waals surface area contributed by atoms with Gasteiger partial charge in [0, 0.05) is 25.7 Å². The van der Waals surface area contributed by atoms with Crippen LogP contribution in [-0.2, 0) is 28.7 Å². The Bertz CT molecular complexity index is 1620. The number of hydrogen-bond donors (Lipinski definition) is 1. The first-order valence-corrected chi connectivity index (χ1v) is 16.9. The number of aliphatic hydroxyl groups excluding tert-OH is 1. The molecule has 0 aliphatic carbocycles. The number of nitrogens with zero attached hydrogens (tertiary/aromatic N) is 3. The molecule has 0 saturated carbocycles. The Morgan fingerprint density at radius 3 is 2.35 bits per heavy atom. The molecule has 10 nitrogen and oxygen atoms in total. The van der Waals surface area contributed by atoms with Crippen LogP contribution in [-0.4, -0.2) is 88.6 Å². The molecule has 1 spiro atoms. The first-order valence-electron chi connectivity index (χ1n) is 16.9. The fourth-order valence-electron chi connectivity index (χ4n) is 8.07. The molecular formula is C38H45N3O7. The van der Waals surface area contributed by atoms with Crippen molar-refractivity contribution in [1.29, 1.82) is 0 Å². The number of cyclic esters (lactones) is 1. The Labute approximate surface area is 282 Å². The number of esters is 1. The van der Waals surface area contributed by atoms with Gasteiger partial charge in [-0.1, -0.05) is 79.8 Å². The maximum absolute atomic E-state index is 14.9. The predicted octanol–water partition coefficient (Wildman–Crippen LogP) is 4.04. The number of carbonyl (C=O) groups is 4. The maximum Gasteiger partial charge on any atom is 0.313 e. The average Bonchev–Trinajstić information content (AvgIpc) is 3.47. The maximum atomic E-state index is 14.9. The summed E-state index contributed by atoms with van der Waals surface area (Å²) in [6.45, 7) is 7.48. The minimum Gasteiger partial charge on any atom is -0.455 e. The highest BCUT2D eigenvalue weighted by Crippen LogP contribution is 2.54. The van der Waals surface area contributed by atoms with Crippen molar-refractivity contribution in [1.82, 2.24) is 9.80 Å². The minimum atomic E-state index is -1.50. The lowest BCUT2D eigenvalue weighted by molar-refractivity contribution is -0.164. The summed E-state index contributed by atoms with van der Waals surface area (Å²) < 4.78 is 13.2. The van der Waals surface area contributed by atoms with Crippen molar-refractivity contribution in [2.45, 2.75) is 82.9 Å². The lowest BCUT2D eigenvalue weighted by Crippen LogP contribution is -2.58. The van der Waals surface area contributed by atoms with Gasteiger partial charge in [0.25, 0.3) is 5.91 Å². The highest BCUT2D eigenvalue weighted by molar-refractivity contribution is 6.06. The van der Waals surface area contributed by atoms with Crippen LogP contribution in [0, 0.1) is 25.7 Å². The number of ether oxygens (including phenoxy) is 2. The molecule has 1 N–H and O–H groups in total. The van der Waals surface area contributed by atoms with Crippen LogP contribution >= 0.6 is 0 Å². The molecule has 48 heavy (non-hydrogen) atoms. The standard InChI is InChI=1S/C38H45N3O7/c1-6-27(22-42)41-34-36(45)40(32-23(2)14-12-15-24(32)3)21-13-20-38(34)31(35(41)44)30-28(48-38)18-10-11-19-29(43)39(5)25(4)33(47-37(30)46)26-16-8-7-9-17-26/h7-10,12-18,20,25,27-28,30-31,33-34,42H,6,11,19,21-22H2,1-5H3/b18-10-/t25-,27+,28-,30+,31+,33+,34-,38+/m1/s1. The van der Waals surface area contributed by atoms with Crippen molar-refractivity contribution in [3.05, 3.63) is 89.5 Å². The average molecular weight is 656 g/mol. The monoisotopic (exact) mass is 655 g/mol. The molecule has 4 aliphatic rings. The SMILES string of the molecule is CC[C@@H](CO)N1C(=O)[C@@H]2[C@H]3C(=O)O[C@H](c4ccccc4)[C@@H](C)N(C)C(=O)CC/C=C\[C@H]3O[C@@]23C=CCN(c2c(C)cccc2C)C(=O)[C@@H]13. The summed E-state index contributed by atoms with van der Waals surface area (Å²) >= 11 is 0. The van der Waals surface area contributed by atoms with Crippen LogP contribution in [0.4, 0.5) is 5.69 Å². The first kappa shape index (κ1) is 33.6. The normalized spacial score (nSPS) is 32.1. The Hall–Kier alpha value is -4.28. The van der Waals surface area contributed by atoms with Gasteiger partial charge in [0.05, 0.1) is 30.7 Å². The molecule has 0 unspecified atom stereocenters. The molecule has 0 aromatic heterocycles. The van der Waals surface area contributed by atoms with Gasteiger partial charge in [0.2, 0.25) is 11.8 Å². The zero-order valence-electron chi connectivity index (χ0n) is 28.2. The van der Waals surface area contributed by atoms with E-state index in [1.165, 1.54) is 4.90 Å². The van der Waals surface area contributed by atoms with Crippen molar-refractivity contribution in [2.75, 3.05) is 25.1 Å². The number of benzene rings is 2. The minimum absolute atomic E-state index is 0.0894. The van der Waals surface area contributed by atoms with Crippen molar-refractivity contribution in [3.8, 4) is 0 Å². The third kappa shape index (κ3) is 5.44. The molecule has 6 rings (SSSR count). The molecule has 8 atom stereocenters. The second kappa shape index (κ2) is 13.3. The number of aliphatic hydroxyl groups is 1. The van der Waals surface area contributed by atoms with Gasteiger partial charge in [-0.15, -0.1) is 0 Å². The molecule has 0 bridgehead atoms. The van der Waals surface area contributed by atoms with E-state index in [1.54, 1.807) is 35.1 Å². The molecule has 0 radical (unpaired) electrons. The number of likely N-dealkylation sites (tertiary alicyclic amines) is 1. The fraction of sp³-hybridized carbons (Fsp3) is 0.474. The summed E-state index contributed by atoms with van der Waals surface area (Å²) in [6, 6.07) is 12.8. The number of hydrogen-bond acceptors (Lipinski definition) is 7. The summed E-state index contributed by atoms with van der Waals surface area (Å²) in [5.41, 5.74) is 1.80. The van der Waals surface area contributed by atoms with Gasteiger partial charge >= 0.3 is 5.97 Å². The van der Waals surface area contributed by atoms with Crippen LogP contribution in [0.5, 0.6) is 0 Å². The zero-order valence-corrected chi connectivity index (χ0v) is 28.2. The number of carbonyl (C=O) groups excluding carboxylic acids is 4. The zero-order chi connectivity index (χ0) is 34.3. The Balaban J connectivity index is 1.48. The largest absolute Gasteiger partial charge is 0.455 e. The van der Waals surface area contributed by atoms with Gasteiger partial charge in [0.1, 0.15) is 23.7 Å². The van der Waals surface area contributed by atoms with Crippen LogP contribution in [0.25, 0.3) is 0 Å². The van der Waals surface area contributed by atoms with E-state index in [-0.39, 0.29) is 31.4 Å². The summed E-state index contributed by atoms with van der Waals surface area (Å²) in [7, 11) is 1.70. The van der Waals surface area contributed by atoms with Crippen molar-refractivity contribution in [3.63, 3.8) is 0 Å². The second-order valence-electron chi connectivity index (χ2n) is 13.4. The van der Waals surface area contributed by atoms with Crippen molar-refractivity contribution < 1.29 is 33.8 Å². The molecule has 10 heteroatoms. The molecule has 2 saturated heterocycles. The topological polar surface area (TPSA) is 117 Å². The number of likely N-dealkylation sites (N-methyl/N-ethyl adjacent to an activating group) is 1. The number of amides is 3. The van der Waals surface area contributed by atoms with Crippen LogP contribution in [0.1, 0.15) is 55.9 Å². The van der Waals surface area contributed by atoms with E-state index < -0.39 is 59.6 Å². The number of anilines is 1. The third-order valence-corrected chi connectivity index (χ3v) is 10.7. The molecule has 2 fully saturated rings. The Morgan fingerprint density at radius 2 is 1.69 bits per heavy atom. The number of allylic oxidation sites excluding steroid dienone is 1. The third-order valence-electron chi connectivity index (χ3n) is 10.7. The van der Waals surface area contributed by atoms with Gasteiger partial charge in [-0.2, -0.15) is 0 Å². The van der Waals surface area contributed by atoms with Gasteiger partial charge in [-0.3, -0.25) is 19.2 Å². The summed E-state index contributed by atoms with van der Waals surface area (Å²) in [6.07, 6.45) is 6.51. The molecule has 2 aromatic carbocycles. The number of fused-ring (bicyclic) bond motifs is 2. The number of aryl methyl sites for hydroxylation is 2. The van der Waals surface area contributed by atoms with E-state index in [2.05, 4.69) is 0 Å².